The van der Waals surface area contributed by atoms with Crippen LogP contribution in [0.2, 0.25) is 0 Å². The lowest BCUT2D eigenvalue weighted by Crippen LogP contribution is -2.49. The van der Waals surface area contributed by atoms with Crippen LogP contribution in [0.25, 0.3) is 22.4 Å². The van der Waals surface area contributed by atoms with Gasteiger partial charge in [-0.15, -0.1) is 0 Å². The second-order valence-electron chi connectivity index (χ2n) is 8.06. The lowest BCUT2D eigenvalue weighted by Gasteiger charge is -2.36. The normalized spacial score (nSPS) is 24.7. The van der Waals surface area contributed by atoms with Crippen LogP contribution in [0, 0.1) is 6.92 Å². The van der Waals surface area contributed by atoms with Crippen LogP contribution in [0.4, 0.5) is 0 Å². The van der Waals surface area contributed by atoms with Gasteiger partial charge in [0.25, 0.3) is 0 Å². The van der Waals surface area contributed by atoms with Gasteiger partial charge in [0.1, 0.15) is 12.3 Å². The summed E-state index contributed by atoms with van der Waals surface area (Å²) in [4.78, 5) is 19.7. The minimum absolute atomic E-state index is 0.00329. The van der Waals surface area contributed by atoms with Crippen molar-refractivity contribution in [1.82, 2.24) is 25.0 Å². The van der Waals surface area contributed by atoms with Gasteiger partial charge in [0.2, 0.25) is 5.91 Å². The summed E-state index contributed by atoms with van der Waals surface area (Å²) in [7, 11) is 2.21. The Morgan fingerprint density at radius 1 is 1.29 bits per heavy atom. The van der Waals surface area contributed by atoms with Crippen molar-refractivity contribution in [3.8, 4) is 11.3 Å². The quantitative estimate of drug-likeness (QED) is 0.754. The number of nitrogens with one attached hydrogen (secondary N) is 1. The van der Waals surface area contributed by atoms with Gasteiger partial charge in [-0.1, -0.05) is 0 Å². The SMILES string of the molecule is Cc1nn(CC(=O)NC2CC3CCC(C2)N3C)c2nccc(-c3ccco3)c12. The molecule has 5 heterocycles. The van der Waals surface area contributed by atoms with Crippen molar-refractivity contribution < 1.29 is 9.21 Å². The van der Waals surface area contributed by atoms with E-state index in [1.54, 1.807) is 17.1 Å². The van der Waals surface area contributed by atoms with E-state index in [2.05, 4.69) is 27.3 Å². The summed E-state index contributed by atoms with van der Waals surface area (Å²) in [5.74, 6) is 0.782. The van der Waals surface area contributed by atoms with Crippen LogP contribution in [0.3, 0.4) is 0 Å². The lowest BCUT2D eigenvalue weighted by molar-refractivity contribution is -0.123. The Morgan fingerprint density at radius 3 is 2.79 bits per heavy atom. The Morgan fingerprint density at radius 2 is 2.07 bits per heavy atom. The molecule has 28 heavy (non-hydrogen) atoms. The highest BCUT2D eigenvalue weighted by atomic mass is 16.3. The molecule has 2 atom stereocenters. The van der Waals surface area contributed by atoms with Gasteiger partial charge < -0.3 is 14.6 Å². The monoisotopic (exact) mass is 379 g/mol. The van der Waals surface area contributed by atoms with E-state index >= 15 is 0 Å². The van der Waals surface area contributed by atoms with Gasteiger partial charge in [-0.25, -0.2) is 9.67 Å². The van der Waals surface area contributed by atoms with Crippen molar-refractivity contribution in [2.75, 3.05) is 7.05 Å². The third kappa shape index (κ3) is 2.90. The number of carbonyl (C=O) groups excluding carboxylic acids is 1. The Bertz CT molecular complexity index is 995. The predicted octanol–water partition coefficient (Wildman–Crippen LogP) is 2.74. The lowest BCUT2D eigenvalue weighted by atomic mass is 9.98. The van der Waals surface area contributed by atoms with Gasteiger partial charge in [-0.3, -0.25) is 4.79 Å². The molecule has 2 unspecified atom stereocenters. The second kappa shape index (κ2) is 6.74. The van der Waals surface area contributed by atoms with Crippen LogP contribution < -0.4 is 5.32 Å². The molecule has 0 aliphatic carbocycles. The van der Waals surface area contributed by atoms with Crippen molar-refractivity contribution in [3.05, 3.63) is 36.4 Å². The Kier molecular flexibility index (Phi) is 4.19. The molecule has 7 heteroatoms. The Hall–Kier alpha value is -2.67. The van der Waals surface area contributed by atoms with Crippen LogP contribution in [0.15, 0.2) is 35.1 Å². The molecule has 0 aromatic carbocycles. The number of rotatable bonds is 4. The first-order valence-electron chi connectivity index (χ1n) is 9.97. The molecule has 1 N–H and O–H groups in total. The smallest absolute Gasteiger partial charge is 0.242 e. The van der Waals surface area contributed by atoms with Gasteiger partial charge in [0.05, 0.1) is 17.3 Å². The van der Waals surface area contributed by atoms with E-state index in [0.717, 1.165) is 35.2 Å². The third-order valence-corrected chi connectivity index (χ3v) is 6.35. The van der Waals surface area contributed by atoms with E-state index in [9.17, 15) is 4.79 Å². The highest BCUT2D eigenvalue weighted by Crippen LogP contribution is 2.34. The van der Waals surface area contributed by atoms with Crippen molar-refractivity contribution in [3.63, 3.8) is 0 Å². The number of nitrogens with zero attached hydrogens (tertiary/aromatic N) is 4. The molecule has 3 aromatic heterocycles. The number of hydrogen-bond donors (Lipinski definition) is 1. The van der Waals surface area contributed by atoms with Crippen molar-refractivity contribution in [2.45, 2.75) is 57.3 Å². The zero-order valence-corrected chi connectivity index (χ0v) is 16.3. The predicted molar refractivity (Wildman–Crippen MR) is 106 cm³/mol. The summed E-state index contributed by atoms with van der Waals surface area (Å²) in [6.45, 7) is 2.13. The summed E-state index contributed by atoms with van der Waals surface area (Å²) >= 11 is 0. The fourth-order valence-electron chi connectivity index (χ4n) is 4.97. The van der Waals surface area contributed by atoms with Crippen LogP contribution >= 0.6 is 0 Å². The number of aryl methyl sites for hydroxylation is 1. The molecule has 0 spiro atoms. The van der Waals surface area contributed by atoms with E-state index in [4.69, 9.17) is 4.42 Å². The molecular weight excluding hydrogens is 354 g/mol. The molecule has 1 amide bonds. The summed E-state index contributed by atoms with van der Waals surface area (Å²) in [5, 5.41) is 8.76. The number of fused-ring (bicyclic) bond motifs is 3. The number of amides is 1. The van der Waals surface area contributed by atoms with E-state index < -0.39 is 0 Å². The summed E-state index contributed by atoms with van der Waals surface area (Å²) in [5.41, 5.74) is 2.51. The maximum Gasteiger partial charge on any atom is 0.242 e. The average Bonchev–Trinajstić information content (AvgIpc) is 3.35. The molecule has 2 fully saturated rings. The van der Waals surface area contributed by atoms with Crippen LogP contribution in [-0.4, -0.2) is 50.7 Å². The molecule has 2 aliphatic heterocycles. The van der Waals surface area contributed by atoms with Crippen molar-refractivity contribution >= 4 is 16.9 Å². The largest absolute Gasteiger partial charge is 0.464 e. The highest BCUT2D eigenvalue weighted by molar-refractivity contribution is 5.93. The van der Waals surface area contributed by atoms with E-state index in [-0.39, 0.29) is 18.5 Å². The van der Waals surface area contributed by atoms with Gasteiger partial charge in [-0.05, 0) is 57.9 Å². The van der Waals surface area contributed by atoms with Gasteiger partial charge in [0.15, 0.2) is 5.65 Å². The maximum atomic E-state index is 12.7. The standard InChI is InChI=1S/C21H25N5O2/c1-13-20-17(18-4-3-9-28-18)7-8-22-21(20)26(24-13)12-19(27)23-14-10-15-5-6-16(11-14)25(15)2/h3-4,7-9,14-16H,5-6,10-12H2,1-2H3,(H,23,27). The third-order valence-electron chi connectivity index (χ3n) is 6.35. The topological polar surface area (TPSA) is 76.2 Å². The number of furan rings is 1. The molecule has 7 nitrogen and oxygen atoms in total. The fourth-order valence-corrected chi connectivity index (χ4v) is 4.97. The number of aromatic nitrogens is 3. The fraction of sp³-hybridized carbons (Fsp3) is 0.476. The molecule has 5 rings (SSSR count). The molecule has 3 aromatic rings. The molecule has 2 saturated heterocycles. The highest BCUT2D eigenvalue weighted by Gasteiger charge is 2.38. The van der Waals surface area contributed by atoms with Gasteiger partial charge >= 0.3 is 0 Å². The number of carbonyl (C=O) groups is 1. The number of hydrogen-bond acceptors (Lipinski definition) is 5. The zero-order valence-electron chi connectivity index (χ0n) is 16.3. The van der Waals surface area contributed by atoms with Gasteiger partial charge in [-0.2, -0.15) is 5.10 Å². The van der Waals surface area contributed by atoms with E-state index in [1.165, 1.54) is 12.8 Å². The zero-order chi connectivity index (χ0) is 19.3. The molecule has 0 saturated carbocycles. The molecule has 2 aliphatic rings. The first-order valence-corrected chi connectivity index (χ1v) is 9.97. The number of pyridine rings is 1. The van der Waals surface area contributed by atoms with Crippen molar-refractivity contribution in [1.29, 1.82) is 0 Å². The summed E-state index contributed by atoms with van der Waals surface area (Å²) < 4.78 is 7.26. The van der Waals surface area contributed by atoms with E-state index in [0.29, 0.717) is 17.7 Å². The molecule has 2 bridgehead atoms. The average molecular weight is 379 g/mol. The molecule has 146 valence electrons. The first-order chi connectivity index (χ1) is 13.6. The second-order valence-corrected chi connectivity index (χ2v) is 8.06. The van der Waals surface area contributed by atoms with Crippen LogP contribution in [0.5, 0.6) is 0 Å². The minimum Gasteiger partial charge on any atom is -0.464 e. The maximum absolute atomic E-state index is 12.7. The first kappa shape index (κ1) is 17.4. The molecular formula is C21H25N5O2. The Balaban J connectivity index is 1.36. The van der Waals surface area contributed by atoms with Crippen LogP contribution in [0.1, 0.15) is 31.4 Å². The van der Waals surface area contributed by atoms with Crippen molar-refractivity contribution in [2.24, 2.45) is 0 Å². The molecule has 0 radical (unpaired) electrons. The minimum atomic E-state index is 0.00329. The van der Waals surface area contributed by atoms with Gasteiger partial charge in [0, 0.05) is 29.9 Å². The van der Waals surface area contributed by atoms with E-state index in [1.807, 2.05) is 25.1 Å². The number of piperidine rings is 1. The summed E-state index contributed by atoms with van der Waals surface area (Å²) in [6, 6.07) is 7.18. The summed E-state index contributed by atoms with van der Waals surface area (Å²) in [6.07, 6.45) is 7.97. The Labute approximate surface area is 163 Å². The van der Waals surface area contributed by atoms with Crippen LogP contribution in [-0.2, 0) is 11.3 Å².